The van der Waals surface area contributed by atoms with Crippen LogP contribution >= 0.6 is 23.2 Å². The molecule has 0 spiro atoms. The van der Waals surface area contributed by atoms with Gasteiger partial charge in [0, 0.05) is 33.6 Å². The van der Waals surface area contributed by atoms with Crippen molar-refractivity contribution in [1.82, 2.24) is 15.0 Å². The number of nitrogens with one attached hydrogen (secondary N) is 3. The highest BCUT2D eigenvalue weighted by Crippen LogP contribution is 2.47. The van der Waals surface area contributed by atoms with Gasteiger partial charge in [-0.05, 0) is 83.7 Å². The smallest absolute Gasteiger partial charge is 0.298 e. The Balaban J connectivity index is 1.23. The largest absolute Gasteiger partial charge is 0.505 e. The quantitative estimate of drug-likeness (QED) is 0.0242. The first-order valence-electron chi connectivity index (χ1n) is 20.9. The average Bonchev–Trinajstić information content (AvgIpc) is 3.27. The lowest BCUT2D eigenvalue weighted by molar-refractivity contribution is -0.113. The number of hydrogen-bond donors (Lipinski definition) is 11. The lowest BCUT2D eigenvalue weighted by Gasteiger charge is -2.15. The molecule has 0 aliphatic heterocycles. The molecule has 1 aromatic heterocycles. The third-order valence-corrected chi connectivity index (χ3v) is 17.1. The average molecular weight is 1320 g/mol. The summed E-state index contributed by atoms with van der Waals surface area (Å²) >= 11 is 9.16. The zero-order valence-electron chi connectivity index (χ0n) is 39.7. The van der Waals surface area contributed by atoms with Crippen LogP contribution in [0.3, 0.4) is 0 Å². The van der Waals surface area contributed by atoms with Gasteiger partial charge >= 0.3 is 0 Å². The standard InChI is InChI=1S/C39H30Cl2N10O24S7/c1-74-25-13-27(78(59,60)61)24(12-28(25)79(62,63)64)49-50-32-29(80(65,66)67)9-16-8-17(2-4-19(16)34(32)53)42-38-45-37(41)46-39(47-38)43-18-3-7-26(77(56,57)58)23(10-18)48-51-33-30(81(68,69)70)11-21-20(35(33)54)5-6-22(36(21)82(71,72)73)44-31(52)14-76(55)75-15-40/h2-13,53-54H,14-15H2,1H3,(H,44,52)(H,56,57,58)(H,59,60,61)(H,62,63,64)(H,65,66,67)(H,68,69,70)(H,71,72,73)(H2,42,43,45,46,47). The maximum atomic E-state index is 12.7. The van der Waals surface area contributed by atoms with Gasteiger partial charge in [-0.15, -0.1) is 20.5 Å². The highest BCUT2D eigenvalue weighted by molar-refractivity contribution is 7.87. The van der Waals surface area contributed by atoms with E-state index in [1.807, 2.05) is 5.32 Å². The van der Waals surface area contributed by atoms with Crippen LogP contribution in [0.25, 0.3) is 21.5 Å². The van der Waals surface area contributed by atoms with E-state index in [1.165, 1.54) is 6.07 Å². The van der Waals surface area contributed by atoms with Gasteiger partial charge in [-0.1, -0.05) is 11.6 Å². The number of fused-ring (bicyclic) bond motifs is 2. The molecule has 0 fully saturated rings. The van der Waals surface area contributed by atoms with Crippen LogP contribution in [0.4, 0.5) is 51.7 Å². The molecule has 436 valence electrons. The highest BCUT2D eigenvalue weighted by atomic mass is 35.5. The third-order valence-electron chi connectivity index (χ3n) is 10.4. The Morgan fingerprint density at radius 3 is 1.60 bits per heavy atom. The number of carbonyl (C=O) groups is 1. The van der Waals surface area contributed by atoms with Crippen molar-refractivity contribution in [3.05, 3.63) is 78.1 Å². The number of rotatable bonds is 20. The Labute approximate surface area is 472 Å². The summed E-state index contributed by atoms with van der Waals surface area (Å²) in [4.78, 5) is 17.4. The zero-order valence-corrected chi connectivity index (χ0v) is 46.9. The number of aromatic nitrogens is 3. The molecule has 1 unspecified atom stereocenters. The number of carbonyl (C=O) groups excluding carboxylic acids is 1. The van der Waals surface area contributed by atoms with E-state index in [2.05, 4.69) is 50.2 Å². The highest BCUT2D eigenvalue weighted by Gasteiger charge is 2.31. The van der Waals surface area contributed by atoms with Crippen molar-refractivity contribution in [3.63, 3.8) is 0 Å². The molecular weight excluding hydrogens is 1290 g/mol. The molecule has 7 rings (SSSR count). The second-order valence-electron chi connectivity index (χ2n) is 15.7. The van der Waals surface area contributed by atoms with Gasteiger partial charge in [0.15, 0.2) is 22.6 Å². The number of amides is 1. The number of phenolic OH excluding ortho intramolecular Hbond substituents is 2. The van der Waals surface area contributed by atoms with E-state index in [0.717, 1.165) is 55.6 Å². The van der Waals surface area contributed by atoms with Gasteiger partial charge in [0.05, 0.1) is 12.8 Å². The van der Waals surface area contributed by atoms with Gasteiger partial charge in [0.25, 0.3) is 60.7 Å². The van der Waals surface area contributed by atoms with Gasteiger partial charge in [-0.2, -0.15) is 65.5 Å². The summed E-state index contributed by atoms with van der Waals surface area (Å²) in [7, 11) is -31.3. The fourth-order valence-electron chi connectivity index (χ4n) is 7.17. The molecule has 0 radical (unpaired) electrons. The van der Waals surface area contributed by atoms with Crippen molar-refractivity contribution in [2.45, 2.75) is 29.4 Å². The SMILES string of the molecule is COc1cc(S(=O)(=O)O)c(N=Nc2c(S(=O)(=O)O)cc3cc(Nc4nc(Cl)nc(Nc5ccc(S(=O)(=O)O)c(N=Nc6c(S(=O)(=O)O)cc7c(S(=O)(=O)O)c(NC(=O)CS(=O)OCCl)ccc7c6O)c5)n4)ccc3c2O)cc1S(=O)(=O)O. The van der Waals surface area contributed by atoms with Crippen molar-refractivity contribution in [1.29, 1.82) is 0 Å². The molecule has 11 N–H and O–H groups in total. The Kier molecular flexibility index (Phi) is 17.6. The summed E-state index contributed by atoms with van der Waals surface area (Å²) < 4.78 is 231. The van der Waals surface area contributed by atoms with E-state index < -0.39 is 193 Å². The summed E-state index contributed by atoms with van der Waals surface area (Å²) in [6, 6.07) is 9.09. The first-order valence-corrected chi connectivity index (χ1v) is 31.7. The van der Waals surface area contributed by atoms with E-state index in [9.17, 15) is 97.0 Å². The second-order valence-corrected chi connectivity index (χ2v) is 25.7. The normalized spacial score (nSPS) is 13.2. The molecule has 0 aliphatic carbocycles. The van der Waals surface area contributed by atoms with Crippen LogP contribution in [-0.4, -0.2) is 132 Å². The Hall–Kier alpha value is -7.33. The van der Waals surface area contributed by atoms with E-state index in [4.69, 9.17) is 27.9 Å². The predicted octanol–water partition coefficient (Wildman–Crippen LogP) is 5.86. The van der Waals surface area contributed by atoms with Crippen LogP contribution in [0.1, 0.15) is 0 Å². The van der Waals surface area contributed by atoms with Crippen LogP contribution in [-0.2, 0) is 80.8 Å². The maximum Gasteiger partial charge on any atom is 0.298 e. The molecule has 0 bridgehead atoms. The third kappa shape index (κ3) is 14.1. The van der Waals surface area contributed by atoms with E-state index in [-0.39, 0.29) is 22.1 Å². The van der Waals surface area contributed by atoms with Crippen molar-refractivity contribution < 1.29 is 106 Å². The molecule has 0 saturated carbocycles. The lowest BCUT2D eigenvalue weighted by Crippen LogP contribution is -2.21. The fraction of sp³-hybridized carbons (Fsp3) is 0.0769. The molecule has 0 saturated heterocycles. The summed E-state index contributed by atoms with van der Waals surface area (Å²) in [5.41, 5.74) is -5.10. The topological polar surface area (TPSA) is 543 Å². The van der Waals surface area contributed by atoms with Crippen molar-refractivity contribution in [2.75, 3.05) is 34.9 Å². The number of anilines is 5. The number of methoxy groups -OCH3 is 1. The number of nitrogens with zero attached hydrogens (tertiary/aromatic N) is 7. The molecule has 7 aromatic rings. The lowest BCUT2D eigenvalue weighted by atomic mass is 10.1. The van der Waals surface area contributed by atoms with Gasteiger partial charge in [-0.25, -0.2) is 4.21 Å². The minimum Gasteiger partial charge on any atom is -0.505 e. The first kappa shape index (κ1) is 62.3. The van der Waals surface area contributed by atoms with Gasteiger partial charge in [-0.3, -0.25) is 36.3 Å². The van der Waals surface area contributed by atoms with Crippen LogP contribution in [0.2, 0.25) is 5.28 Å². The molecule has 82 heavy (non-hydrogen) atoms. The second kappa shape index (κ2) is 23.1. The van der Waals surface area contributed by atoms with Crippen LogP contribution in [0.5, 0.6) is 17.2 Å². The zero-order chi connectivity index (χ0) is 60.8. The summed E-state index contributed by atoms with van der Waals surface area (Å²) in [6.07, 6.45) is 0. The number of azo groups is 2. The first-order chi connectivity index (χ1) is 37.9. The Morgan fingerprint density at radius 1 is 0.573 bits per heavy atom. The van der Waals surface area contributed by atoms with Crippen LogP contribution in [0, 0.1) is 0 Å². The minimum absolute atomic E-state index is 0.0180. The van der Waals surface area contributed by atoms with Crippen molar-refractivity contribution in [3.8, 4) is 17.2 Å². The van der Waals surface area contributed by atoms with Crippen LogP contribution < -0.4 is 20.7 Å². The maximum absolute atomic E-state index is 12.7. The number of ether oxygens (including phenoxy) is 1. The van der Waals surface area contributed by atoms with Crippen molar-refractivity contribution in [2.24, 2.45) is 20.5 Å². The predicted molar refractivity (Wildman–Crippen MR) is 283 cm³/mol. The molecule has 0 aliphatic rings. The van der Waals surface area contributed by atoms with E-state index in [0.29, 0.717) is 18.2 Å². The summed E-state index contributed by atoms with van der Waals surface area (Å²) in [5, 5.41) is 41.6. The molecular formula is C39H30Cl2N10O24S7. The number of hydrogen-bond acceptors (Lipinski definition) is 27. The molecule has 1 amide bonds. The van der Waals surface area contributed by atoms with Gasteiger partial charge < -0.3 is 30.9 Å². The van der Waals surface area contributed by atoms with E-state index >= 15 is 0 Å². The van der Waals surface area contributed by atoms with Gasteiger partial charge in [0.2, 0.25) is 23.1 Å². The monoisotopic (exact) mass is 1320 g/mol. The Morgan fingerprint density at radius 2 is 1.07 bits per heavy atom. The fourth-order valence-corrected chi connectivity index (χ4v) is 12.1. The number of benzene rings is 6. The number of alkyl halides is 1. The van der Waals surface area contributed by atoms with Crippen LogP contribution in [0.15, 0.2) is 123 Å². The summed E-state index contributed by atoms with van der Waals surface area (Å²) in [5.74, 6) is -6.04. The number of phenols is 2. The van der Waals surface area contributed by atoms with Crippen molar-refractivity contribution >= 4 is 174 Å². The summed E-state index contributed by atoms with van der Waals surface area (Å²) in [6.45, 7) is 0. The Bertz CT molecular complexity index is 4680. The molecule has 1 heterocycles. The van der Waals surface area contributed by atoms with Gasteiger partial charge in [0.1, 0.15) is 69.7 Å². The molecule has 6 aromatic carbocycles. The molecule has 1 atom stereocenters. The van der Waals surface area contributed by atoms with E-state index in [1.54, 1.807) is 0 Å². The minimum atomic E-state index is -5.60. The molecule has 43 heteroatoms. The number of aromatic hydroxyl groups is 2. The molecule has 34 nitrogen and oxygen atoms in total. The number of halogens is 2.